The van der Waals surface area contributed by atoms with E-state index >= 15 is 0 Å². The van der Waals surface area contributed by atoms with Gasteiger partial charge in [0.05, 0.1) is 16.5 Å². The van der Waals surface area contributed by atoms with E-state index in [0.29, 0.717) is 23.7 Å². The van der Waals surface area contributed by atoms with E-state index in [1.54, 1.807) is 12.1 Å². The summed E-state index contributed by atoms with van der Waals surface area (Å²) in [6.07, 6.45) is -1.08. The second-order valence-corrected chi connectivity index (χ2v) is 9.97. The molecule has 0 aliphatic rings. The zero-order valence-electron chi connectivity index (χ0n) is 23.6. The highest BCUT2D eigenvalue weighted by atomic mass is 16.6. The molecule has 7 heteroatoms. The Morgan fingerprint density at radius 2 is 1.26 bits per heavy atom. The van der Waals surface area contributed by atoms with Crippen molar-refractivity contribution in [3.05, 3.63) is 133 Å². The number of anilines is 2. The van der Waals surface area contributed by atoms with Crippen molar-refractivity contribution in [2.45, 2.75) is 20.1 Å². The number of amides is 2. The van der Waals surface area contributed by atoms with Gasteiger partial charge in [-0.25, -0.2) is 9.59 Å². The summed E-state index contributed by atoms with van der Waals surface area (Å²) < 4.78 is 13.1. The van der Waals surface area contributed by atoms with Crippen molar-refractivity contribution >= 4 is 45.2 Å². The average Bonchev–Trinajstić information content (AvgIpc) is 3.04. The molecule has 2 amide bonds. The molecule has 0 radical (unpaired) electrons. The molecule has 6 rings (SSSR count). The van der Waals surface area contributed by atoms with Gasteiger partial charge in [0.25, 0.3) is 0 Å². The van der Waals surface area contributed by atoms with Gasteiger partial charge in [0.1, 0.15) is 18.9 Å². The number of carbonyl (C=O) groups excluding carboxylic acids is 2. The Balaban J connectivity index is 1.37. The zero-order chi connectivity index (χ0) is 29.6. The minimum Gasteiger partial charge on any atom is -0.444 e. The van der Waals surface area contributed by atoms with E-state index in [0.717, 1.165) is 38.5 Å². The highest BCUT2D eigenvalue weighted by Crippen LogP contribution is 2.34. The van der Waals surface area contributed by atoms with E-state index in [-0.39, 0.29) is 6.61 Å². The van der Waals surface area contributed by atoms with E-state index in [1.165, 1.54) is 0 Å². The molecule has 0 unspecified atom stereocenters. The number of nitrogens with zero attached hydrogens (tertiary/aromatic N) is 1. The maximum atomic E-state index is 12.7. The Morgan fingerprint density at radius 1 is 0.651 bits per heavy atom. The molecular weight excluding hydrogens is 538 g/mol. The topological polar surface area (TPSA) is 80.5 Å². The molecule has 7 nitrogen and oxygen atoms in total. The smallest absolute Gasteiger partial charge is 0.417 e. The second-order valence-electron chi connectivity index (χ2n) is 9.97. The molecule has 5 aromatic carbocycles. The first kappa shape index (κ1) is 27.5. The van der Waals surface area contributed by atoms with Gasteiger partial charge in [-0.2, -0.15) is 4.57 Å². The zero-order valence-corrected chi connectivity index (χ0v) is 23.6. The summed E-state index contributed by atoms with van der Waals surface area (Å²) in [5.74, 6) is 0.467. The number of pyridine rings is 1. The second kappa shape index (κ2) is 12.4. The van der Waals surface area contributed by atoms with Crippen molar-refractivity contribution in [1.29, 1.82) is 0 Å². The Bertz CT molecular complexity index is 1910. The van der Waals surface area contributed by atoms with Crippen LogP contribution in [0.25, 0.3) is 32.9 Å². The number of hydrogen-bond donors (Lipinski definition) is 2. The van der Waals surface area contributed by atoms with Gasteiger partial charge in [0.2, 0.25) is 11.2 Å². The van der Waals surface area contributed by atoms with E-state index in [1.807, 2.05) is 103 Å². The summed E-state index contributed by atoms with van der Waals surface area (Å²) in [6, 6.07) is 40.3. The van der Waals surface area contributed by atoms with Crippen LogP contribution in [0.5, 0.6) is 5.75 Å². The standard InChI is InChI=1S/C36H29N3O4/c1-2-39-33-23-28(37-35(40)42-24-25-12-6-3-7-13-25)19-21-31(33)30-20-18-27(38-36(41)43-29-16-10-5-11-17-29)22-32(30)34(39)26-14-8-4-9-15-26/h3-23H,2,24H2,1H3,(H,38,41)/p+1. The molecule has 0 aliphatic heterocycles. The van der Waals surface area contributed by atoms with Crippen LogP contribution in [-0.2, 0) is 17.9 Å². The predicted octanol–water partition coefficient (Wildman–Crippen LogP) is 8.33. The molecule has 1 aromatic heterocycles. The van der Waals surface area contributed by atoms with Crippen molar-refractivity contribution in [2.75, 3.05) is 10.6 Å². The lowest BCUT2D eigenvalue weighted by Crippen LogP contribution is -2.36. The van der Waals surface area contributed by atoms with Gasteiger partial charge >= 0.3 is 12.2 Å². The minimum absolute atomic E-state index is 0.188. The van der Waals surface area contributed by atoms with Crippen LogP contribution in [0.15, 0.2) is 127 Å². The summed E-state index contributed by atoms with van der Waals surface area (Å²) >= 11 is 0. The van der Waals surface area contributed by atoms with Gasteiger partial charge in [-0.05, 0) is 61.0 Å². The summed E-state index contributed by atoms with van der Waals surface area (Å²) in [5.41, 5.74) is 5.15. The van der Waals surface area contributed by atoms with Crippen LogP contribution >= 0.6 is 0 Å². The molecule has 0 spiro atoms. The molecule has 0 aliphatic carbocycles. The molecule has 0 fully saturated rings. The molecule has 0 bridgehead atoms. The number of hydrogen-bond acceptors (Lipinski definition) is 4. The van der Waals surface area contributed by atoms with Crippen molar-refractivity contribution < 1.29 is 23.6 Å². The lowest BCUT2D eigenvalue weighted by molar-refractivity contribution is -0.655. The number of nitrogens with one attached hydrogen (secondary N) is 2. The quantitative estimate of drug-likeness (QED) is 0.150. The largest absolute Gasteiger partial charge is 0.444 e. The lowest BCUT2D eigenvalue weighted by Gasteiger charge is -2.14. The number of ether oxygens (including phenoxy) is 2. The number of carbonyl (C=O) groups is 2. The van der Waals surface area contributed by atoms with Crippen LogP contribution in [0, 0.1) is 0 Å². The maximum Gasteiger partial charge on any atom is 0.417 e. The fourth-order valence-corrected chi connectivity index (χ4v) is 5.23. The molecule has 1 heterocycles. The maximum absolute atomic E-state index is 12.7. The Morgan fingerprint density at radius 3 is 1.95 bits per heavy atom. The molecule has 2 N–H and O–H groups in total. The van der Waals surface area contributed by atoms with Crippen molar-refractivity contribution in [1.82, 2.24) is 0 Å². The minimum atomic E-state index is -0.564. The normalized spacial score (nSPS) is 10.8. The number of rotatable bonds is 7. The fourth-order valence-electron chi connectivity index (χ4n) is 5.23. The van der Waals surface area contributed by atoms with Crippen molar-refractivity contribution in [3.63, 3.8) is 0 Å². The van der Waals surface area contributed by atoms with Crippen LogP contribution in [0.1, 0.15) is 12.5 Å². The summed E-state index contributed by atoms with van der Waals surface area (Å²) in [4.78, 5) is 25.3. The Hall–Kier alpha value is -5.69. The van der Waals surface area contributed by atoms with E-state index in [2.05, 4.69) is 34.3 Å². The van der Waals surface area contributed by atoms with Crippen molar-refractivity contribution in [2.24, 2.45) is 0 Å². The molecule has 212 valence electrons. The van der Waals surface area contributed by atoms with Gasteiger partial charge in [-0.1, -0.05) is 72.8 Å². The summed E-state index contributed by atoms with van der Waals surface area (Å²) in [6.45, 7) is 2.95. The van der Waals surface area contributed by atoms with Gasteiger partial charge in [0, 0.05) is 22.7 Å². The highest BCUT2D eigenvalue weighted by Gasteiger charge is 2.23. The average molecular weight is 569 g/mol. The molecule has 0 atom stereocenters. The SMILES string of the molecule is CC[n+]1c(-c2ccccc2)c2cc(NC(=O)Oc3ccccc3)ccc2c2ccc(NC(=O)OCc3ccccc3)cc21. The first-order valence-electron chi connectivity index (χ1n) is 14.1. The predicted molar refractivity (Wildman–Crippen MR) is 169 cm³/mol. The monoisotopic (exact) mass is 568 g/mol. The third-order valence-electron chi connectivity index (χ3n) is 7.15. The van der Waals surface area contributed by atoms with Crippen molar-refractivity contribution in [3.8, 4) is 17.0 Å². The van der Waals surface area contributed by atoms with Gasteiger partial charge in [-0.3, -0.25) is 10.6 Å². The van der Waals surface area contributed by atoms with Crippen LogP contribution in [0.2, 0.25) is 0 Å². The molecule has 6 aromatic rings. The first-order chi connectivity index (χ1) is 21.1. The molecule has 0 saturated carbocycles. The Labute approximate surface area is 249 Å². The summed E-state index contributed by atoms with van der Waals surface area (Å²) in [7, 11) is 0. The van der Waals surface area contributed by atoms with Crippen LogP contribution < -0.4 is 19.9 Å². The number of aromatic nitrogens is 1. The highest BCUT2D eigenvalue weighted by molar-refractivity contribution is 6.11. The molecular formula is C36H30N3O4+. The van der Waals surface area contributed by atoms with Crippen LogP contribution in [0.4, 0.5) is 21.0 Å². The number of aryl methyl sites for hydroxylation is 1. The van der Waals surface area contributed by atoms with Crippen LogP contribution in [0.3, 0.4) is 0 Å². The Kier molecular flexibility index (Phi) is 7.95. The first-order valence-corrected chi connectivity index (χ1v) is 14.1. The van der Waals surface area contributed by atoms with E-state index in [9.17, 15) is 9.59 Å². The number of para-hydroxylation sites is 1. The third-order valence-corrected chi connectivity index (χ3v) is 7.15. The summed E-state index contributed by atoms with van der Waals surface area (Å²) in [5, 5.41) is 8.75. The van der Waals surface area contributed by atoms with Gasteiger partial charge < -0.3 is 9.47 Å². The molecule has 0 saturated heterocycles. The van der Waals surface area contributed by atoms with Crippen LogP contribution in [-0.4, -0.2) is 12.2 Å². The third kappa shape index (κ3) is 6.16. The van der Waals surface area contributed by atoms with E-state index in [4.69, 9.17) is 9.47 Å². The molecule has 43 heavy (non-hydrogen) atoms. The van der Waals surface area contributed by atoms with E-state index < -0.39 is 12.2 Å². The van der Waals surface area contributed by atoms with Gasteiger partial charge in [0.15, 0.2) is 0 Å². The lowest BCUT2D eigenvalue weighted by atomic mass is 9.98. The number of benzene rings is 5. The fraction of sp³-hybridized carbons (Fsp3) is 0.0833. The number of fused-ring (bicyclic) bond motifs is 3. The van der Waals surface area contributed by atoms with Gasteiger partial charge in [-0.15, -0.1) is 0 Å².